The Labute approximate surface area is 145 Å². The van der Waals surface area contributed by atoms with E-state index in [1.54, 1.807) is 0 Å². The second-order valence-electron chi connectivity index (χ2n) is 5.15. The van der Waals surface area contributed by atoms with Crippen molar-refractivity contribution in [1.29, 1.82) is 0 Å². The van der Waals surface area contributed by atoms with Crippen molar-refractivity contribution in [2.24, 2.45) is 0 Å². The summed E-state index contributed by atoms with van der Waals surface area (Å²) in [6, 6.07) is 13.9. The van der Waals surface area contributed by atoms with E-state index in [2.05, 4.69) is 37.2 Å². The number of nitrogens with one attached hydrogen (secondary N) is 1. The fraction of sp³-hybridized carbons (Fsp3) is 0.118. The van der Waals surface area contributed by atoms with E-state index < -0.39 is 0 Å². The molecule has 0 fully saturated rings. The molecule has 0 saturated heterocycles. The number of benzene rings is 2. The molecular formula is C17H14Br2N2O. The van der Waals surface area contributed by atoms with Crippen LogP contribution in [-0.4, -0.2) is 10.5 Å². The molecule has 1 N–H and O–H groups in total. The van der Waals surface area contributed by atoms with Gasteiger partial charge in [-0.3, -0.25) is 4.79 Å². The summed E-state index contributed by atoms with van der Waals surface area (Å²) >= 11 is 6.88. The summed E-state index contributed by atoms with van der Waals surface area (Å²) in [6.45, 7) is 2.27. The van der Waals surface area contributed by atoms with E-state index in [4.69, 9.17) is 0 Å². The van der Waals surface area contributed by atoms with E-state index in [0.717, 1.165) is 31.1 Å². The van der Waals surface area contributed by atoms with Crippen LogP contribution in [0, 0.1) is 6.92 Å². The minimum absolute atomic E-state index is 0.0363. The van der Waals surface area contributed by atoms with Crippen LogP contribution in [-0.2, 0) is 11.3 Å². The van der Waals surface area contributed by atoms with Crippen molar-refractivity contribution in [2.75, 3.05) is 5.32 Å². The number of anilines is 1. The highest BCUT2D eigenvalue weighted by molar-refractivity contribution is 9.10. The van der Waals surface area contributed by atoms with Crippen molar-refractivity contribution in [2.45, 2.75) is 13.5 Å². The first kappa shape index (κ1) is 15.3. The van der Waals surface area contributed by atoms with Crippen molar-refractivity contribution in [3.05, 3.63) is 63.2 Å². The maximum Gasteiger partial charge on any atom is 0.244 e. The van der Waals surface area contributed by atoms with Gasteiger partial charge in [-0.1, -0.05) is 31.9 Å². The van der Waals surface area contributed by atoms with Crippen molar-refractivity contribution in [1.82, 2.24) is 4.57 Å². The minimum Gasteiger partial charge on any atom is -0.338 e. The zero-order valence-corrected chi connectivity index (χ0v) is 15.1. The van der Waals surface area contributed by atoms with Gasteiger partial charge in [0, 0.05) is 31.7 Å². The molecule has 0 aliphatic heterocycles. The van der Waals surface area contributed by atoms with Gasteiger partial charge in [0.2, 0.25) is 5.91 Å². The molecule has 0 saturated carbocycles. The summed E-state index contributed by atoms with van der Waals surface area (Å²) < 4.78 is 3.99. The van der Waals surface area contributed by atoms with Gasteiger partial charge in [0.25, 0.3) is 0 Å². The van der Waals surface area contributed by atoms with Crippen molar-refractivity contribution >= 4 is 54.4 Å². The molecule has 22 heavy (non-hydrogen) atoms. The van der Waals surface area contributed by atoms with Gasteiger partial charge in [-0.25, -0.2) is 0 Å². The lowest BCUT2D eigenvalue weighted by Gasteiger charge is -2.10. The predicted octanol–water partition coefficient (Wildman–Crippen LogP) is 5.11. The summed E-state index contributed by atoms with van der Waals surface area (Å²) in [5, 5.41) is 4.07. The van der Waals surface area contributed by atoms with Crippen LogP contribution >= 0.6 is 31.9 Å². The SMILES string of the molecule is Cc1cc(Br)ccc1NC(=O)Cn1ccc2cc(Br)ccc21. The fourth-order valence-electron chi connectivity index (χ4n) is 2.42. The molecule has 0 aliphatic rings. The van der Waals surface area contributed by atoms with Gasteiger partial charge in [0.05, 0.1) is 0 Å². The maximum absolute atomic E-state index is 12.3. The standard InChI is InChI=1S/C17H14Br2N2O/c1-11-8-13(18)2-4-15(11)20-17(22)10-21-7-6-12-9-14(19)3-5-16(12)21/h2-9H,10H2,1H3,(H,20,22). The molecule has 0 atom stereocenters. The lowest BCUT2D eigenvalue weighted by Crippen LogP contribution is -2.18. The number of hydrogen-bond donors (Lipinski definition) is 1. The van der Waals surface area contributed by atoms with E-state index >= 15 is 0 Å². The number of halogens is 2. The molecular weight excluding hydrogens is 408 g/mol. The van der Waals surface area contributed by atoms with Crippen LogP contribution in [0.3, 0.4) is 0 Å². The molecule has 0 spiro atoms. The van der Waals surface area contributed by atoms with Crippen LogP contribution in [0.4, 0.5) is 5.69 Å². The van der Waals surface area contributed by atoms with E-state index in [-0.39, 0.29) is 5.91 Å². The van der Waals surface area contributed by atoms with Gasteiger partial charge in [-0.2, -0.15) is 0 Å². The minimum atomic E-state index is -0.0363. The highest BCUT2D eigenvalue weighted by Gasteiger charge is 2.08. The molecule has 112 valence electrons. The van der Waals surface area contributed by atoms with Gasteiger partial charge >= 0.3 is 0 Å². The molecule has 3 aromatic rings. The summed E-state index contributed by atoms with van der Waals surface area (Å²) in [6.07, 6.45) is 1.94. The number of nitrogens with zero attached hydrogens (tertiary/aromatic N) is 1. The second kappa shape index (κ2) is 6.26. The summed E-state index contributed by atoms with van der Waals surface area (Å²) in [4.78, 5) is 12.3. The van der Waals surface area contributed by atoms with Crippen molar-refractivity contribution in [3.8, 4) is 0 Å². The Morgan fingerprint density at radius 2 is 1.82 bits per heavy atom. The largest absolute Gasteiger partial charge is 0.338 e. The molecule has 0 unspecified atom stereocenters. The molecule has 0 bridgehead atoms. The fourth-order valence-corrected chi connectivity index (χ4v) is 3.27. The van der Waals surface area contributed by atoms with Crippen LogP contribution in [0.5, 0.6) is 0 Å². The van der Waals surface area contributed by atoms with E-state index in [1.165, 1.54) is 0 Å². The molecule has 2 aromatic carbocycles. The van der Waals surface area contributed by atoms with Crippen LogP contribution in [0.2, 0.25) is 0 Å². The number of fused-ring (bicyclic) bond motifs is 1. The molecule has 3 rings (SSSR count). The molecule has 1 heterocycles. The predicted molar refractivity (Wildman–Crippen MR) is 97.1 cm³/mol. The Morgan fingerprint density at radius 1 is 1.09 bits per heavy atom. The Bertz CT molecular complexity index is 855. The van der Waals surface area contributed by atoms with Gasteiger partial charge in [-0.15, -0.1) is 0 Å². The lowest BCUT2D eigenvalue weighted by molar-refractivity contribution is -0.116. The first-order valence-corrected chi connectivity index (χ1v) is 8.42. The lowest BCUT2D eigenvalue weighted by atomic mass is 10.2. The molecule has 0 aliphatic carbocycles. The van der Waals surface area contributed by atoms with Gasteiger partial charge in [0.15, 0.2) is 0 Å². The summed E-state index contributed by atoms with van der Waals surface area (Å²) in [7, 11) is 0. The van der Waals surface area contributed by atoms with Crippen molar-refractivity contribution in [3.63, 3.8) is 0 Å². The Morgan fingerprint density at radius 3 is 2.59 bits per heavy atom. The second-order valence-corrected chi connectivity index (χ2v) is 6.99. The Kier molecular flexibility index (Phi) is 4.36. The number of carbonyl (C=O) groups excluding carboxylic acids is 1. The van der Waals surface area contributed by atoms with E-state index in [1.807, 2.05) is 60.2 Å². The van der Waals surface area contributed by atoms with Crippen LogP contribution in [0.15, 0.2) is 57.6 Å². The number of carbonyl (C=O) groups is 1. The zero-order chi connectivity index (χ0) is 15.7. The molecule has 5 heteroatoms. The monoisotopic (exact) mass is 420 g/mol. The number of aromatic nitrogens is 1. The van der Waals surface area contributed by atoms with Gasteiger partial charge < -0.3 is 9.88 Å². The van der Waals surface area contributed by atoms with Crippen molar-refractivity contribution < 1.29 is 4.79 Å². The molecule has 1 aromatic heterocycles. The number of rotatable bonds is 3. The average molecular weight is 422 g/mol. The average Bonchev–Trinajstić information content (AvgIpc) is 2.84. The van der Waals surface area contributed by atoms with Gasteiger partial charge in [0.1, 0.15) is 6.54 Å². The number of hydrogen-bond acceptors (Lipinski definition) is 1. The molecule has 1 amide bonds. The zero-order valence-electron chi connectivity index (χ0n) is 11.9. The first-order valence-electron chi connectivity index (χ1n) is 6.83. The Balaban J connectivity index is 1.78. The highest BCUT2D eigenvalue weighted by atomic mass is 79.9. The third-order valence-corrected chi connectivity index (χ3v) is 4.50. The Hall–Kier alpha value is -1.59. The summed E-state index contributed by atoms with van der Waals surface area (Å²) in [5.74, 6) is -0.0363. The number of aryl methyl sites for hydroxylation is 1. The van der Waals surface area contributed by atoms with E-state index in [9.17, 15) is 4.79 Å². The van der Waals surface area contributed by atoms with Crippen LogP contribution in [0.1, 0.15) is 5.56 Å². The normalized spacial score (nSPS) is 10.9. The van der Waals surface area contributed by atoms with Crippen LogP contribution < -0.4 is 5.32 Å². The highest BCUT2D eigenvalue weighted by Crippen LogP contribution is 2.22. The maximum atomic E-state index is 12.3. The third kappa shape index (κ3) is 3.25. The van der Waals surface area contributed by atoms with Crippen LogP contribution in [0.25, 0.3) is 10.9 Å². The first-order chi connectivity index (χ1) is 10.5. The number of amides is 1. The smallest absolute Gasteiger partial charge is 0.244 e. The third-order valence-electron chi connectivity index (χ3n) is 3.51. The van der Waals surface area contributed by atoms with E-state index in [0.29, 0.717) is 6.54 Å². The molecule has 0 radical (unpaired) electrons. The topological polar surface area (TPSA) is 34.0 Å². The summed E-state index contributed by atoms with van der Waals surface area (Å²) in [5.41, 5.74) is 2.92. The quantitative estimate of drug-likeness (QED) is 0.626. The molecule has 3 nitrogen and oxygen atoms in total. The van der Waals surface area contributed by atoms with Gasteiger partial charge in [-0.05, 0) is 55.0 Å².